The fourth-order valence-corrected chi connectivity index (χ4v) is 1.07. The third kappa shape index (κ3) is 4.87. The SMILES string of the molecule is C=C(C)C(=O)OCCC(=O)C(C)C(=O)CC. The average molecular weight is 226 g/mol. The molecule has 16 heavy (non-hydrogen) atoms. The molecule has 4 heteroatoms. The lowest BCUT2D eigenvalue weighted by molar-refractivity contribution is -0.140. The van der Waals surface area contributed by atoms with Crippen molar-refractivity contribution >= 4 is 17.5 Å². The predicted octanol–water partition coefficient (Wildman–Crippen LogP) is 1.68. The Hall–Kier alpha value is -1.45. The van der Waals surface area contributed by atoms with Crippen LogP contribution in [0.1, 0.15) is 33.6 Å². The predicted molar refractivity (Wildman–Crippen MR) is 59.9 cm³/mol. The first-order chi connectivity index (χ1) is 7.40. The van der Waals surface area contributed by atoms with Gasteiger partial charge in [-0.25, -0.2) is 4.79 Å². The Morgan fingerprint density at radius 1 is 1.25 bits per heavy atom. The van der Waals surface area contributed by atoms with Gasteiger partial charge in [-0.1, -0.05) is 13.5 Å². The number of carbonyl (C=O) groups excluding carboxylic acids is 3. The number of esters is 1. The molecule has 0 spiro atoms. The van der Waals surface area contributed by atoms with Crippen molar-refractivity contribution in [3.63, 3.8) is 0 Å². The van der Waals surface area contributed by atoms with E-state index in [0.29, 0.717) is 12.0 Å². The number of hydrogen-bond donors (Lipinski definition) is 0. The molecule has 0 bridgehead atoms. The molecule has 0 amide bonds. The lowest BCUT2D eigenvalue weighted by Gasteiger charge is -2.08. The Morgan fingerprint density at radius 3 is 2.25 bits per heavy atom. The summed E-state index contributed by atoms with van der Waals surface area (Å²) in [4.78, 5) is 33.7. The van der Waals surface area contributed by atoms with E-state index in [1.54, 1.807) is 13.8 Å². The molecule has 1 unspecified atom stereocenters. The number of ketones is 2. The molecule has 4 nitrogen and oxygen atoms in total. The van der Waals surface area contributed by atoms with Crippen LogP contribution in [0.5, 0.6) is 0 Å². The standard InChI is InChI=1S/C12H18O4/c1-5-10(13)9(4)11(14)6-7-16-12(15)8(2)3/h9H,2,5-7H2,1,3-4H3. The second-order valence-electron chi connectivity index (χ2n) is 3.67. The van der Waals surface area contributed by atoms with Gasteiger partial charge in [0, 0.05) is 18.4 Å². The first-order valence-electron chi connectivity index (χ1n) is 5.28. The molecule has 0 aromatic carbocycles. The van der Waals surface area contributed by atoms with Crippen molar-refractivity contribution in [1.29, 1.82) is 0 Å². The van der Waals surface area contributed by atoms with Gasteiger partial charge in [0.1, 0.15) is 11.6 Å². The summed E-state index contributed by atoms with van der Waals surface area (Å²) in [7, 11) is 0. The molecule has 0 aliphatic heterocycles. The highest BCUT2D eigenvalue weighted by atomic mass is 16.5. The zero-order valence-corrected chi connectivity index (χ0v) is 10.0. The number of ether oxygens (including phenoxy) is 1. The van der Waals surface area contributed by atoms with E-state index < -0.39 is 11.9 Å². The van der Waals surface area contributed by atoms with Gasteiger partial charge in [-0.3, -0.25) is 9.59 Å². The third-order valence-electron chi connectivity index (χ3n) is 2.24. The molecule has 90 valence electrons. The van der Waals surface area contributed by atoms with Gasteiger partial charge in [-0.15, -0.1) is 0 Å². The largest absolute Gasteiger partial charge is 0.462 e. The fraction of sp³-hybridized carbons (Fsp3) is 0.583. The van der Waals surface area contributed by atoms with E-state index in [1.165, 1.54) is 6.92 Å². The highest BCUT2D eigenvalue weighted by Crippen LogP contribution is 2.05. The summed E-state index contributed by atoms with van der Waals surface area (Å²) in [5.41, 5.74) is 0.296. The molecule has 0 radical (unpaired) electrons. The Kier molecular flexibility index (Phi) is 6.30. The van der Waals surface area contributed by atoms with Crippen LogP contribution in [0.2, 0.25) is 0 Å². The second kappa shape index (κ2) is 6.93. The lowest BCUT2D eigenvalue weighted by Crippen LogP contribution is -2.22. The number of rotatable bonds is 7. The summed E-state index contributed by atoms with van der Waals surface area (Å²) in [5, 5.41) is 0. The molecule has 0 aromatic heterocycles. The van der Waals surface area contributed by atoms with Crippen molar-refractivity contribution in [3.8, 4) is 0 Å². The zero-order valence-electron chi connectivity index (χ0n) is 10.0. The van der Waals surface area contributed by atoms with Gasteiger partial charge < -0.3 is 4.74 Å². The van der Waals surface area contributed by atoms with E-state index >= 15 is 0 Å². The number of carbonyl (C=O) groups is 3. The van der Waals surface area contributed by atoms with Crippen LogP contribution < -0.4 is 0 Å². The smallest absolute Gasteiger partial charge is 0.333 e. The summed E-state index contributed by atoms with van der Waals surface area (Å²) in [5.74, 6) is -1.40. The van der Waals surface area contributed by atoms with E-state index in [-0.39, 0.29) is 24.6 Å². The summed E-state index contributed by atoms with van der Waals surface area (Å²) in [6.07, 6.45) is 0.421. The van der Waals surface area contributed by atoms with Gasteiger partial charge in [0.25, 0.3) is 0 Å². The molecule has 0 aliphatic rings. The molecule has 0 fully saturated rings. The summed E-state index contributed by atoms with van der Waals surface area (Å²) in [6.45, 7) is 8.25. The first kappa shape index (κ1) is 14.6. The first-order valence-corrected chi connectivity index (χ1v) is 5.28. The highest BCUT2D eigenvalue weighted by Gasteiger charge is 2.19. The maximum atomic E-state index is 11.5. The van der Waals surface area contributed by atoms with Crippen LogP contribution in [0.25, 0.3) is 0 Å². The van der Waals surface area contributed by atoms with Crippen LogP contribution in [0.15, 0.2) is 12.2 Å². The van der Waals surface area contributed by atoms with Gasteiger partial charge in [0.15, 0.2) is 0 Å². The Bertz CT molecular complexity index is 304. The topological polar surface area (TPSA) is 60.4 Å². The molecule has 0 heterocycles. The monoisotopic (exact) mass is 226 g/mol. The minimum atomic E-state index is -0.603. The van der Waals surface area contributed by atoms with Crippen molar-refractivity contribution in [1.82, 2.24) is 0 Å². The van der Waals surface area contributed by atoms with Crippen molar-refractivity contribution in [3.05, 3.63) is 12.2 Å². The minimum absolute atomic E-state index is 0.00581. The summed E-state index contributed by atoms with van der Waals surface area (Å²) in [6, 6.07) is 0. The third-order valence-corrected chi connectivity index (χ3v) is 2.24. The normalized spacial score (nSPS) is 11.7. The summed E-state index contributed by atoms with van der Waals surface area (Å²) < 4.78 is 4.77. The molecule has 0 aromatic rings. The van der Waals surface area contributed by atoms with Gasteiger partial charge in [-0.2, -0.15) is 0 Å². The number of Topliss-reactive ketones (excluding diaryl/α,β-unsaturated/α-hetero) is 2. The second-order valence-corrected chi connectivity index (χ2v) is 3.67. The Labute approximate surface area is 95.7 Å². The van der Waals surface area contributed by atoms with E-state index in [1.807, 2.05) is 0 Å². The van der Waals surface area contributed by atoms with Gasteiger partial charge >= 0.3 is 5.97 Å². The van der Waals surface area contributed by atoms with E-state index in [4.69, 9.17) is 4.74 Å². The fourth-order valence-electron chi connectivity index (χ4n) is 1.07. The maximum Gasteiger partial charge on any atom is 0.333 e. The molecular weight excluding hydrogens is 208 g/mol. The van der Waals surface area contributed by atoms with Crippen molar-refractivity contribution in [2.24, 2.45) is 5.92 Å². The van der Waals surface area contributed by atoms with E-state index in [2.05, 4.69) is 6.58 Å². The Morgan fingerprint density at radius 2 is 1.81 bits per heavy atom. The van der Waals surface area contributed by atoms with Gasteiger partial charge in [0.05, 0.1) is 12.5 Å². The van der Waals surface area contributed by atoms with Gasteiger partial charge in [0.2, 0.25) is 0 Å². The molecule has 0 saturated carbocycles. The molecular formula is C12H18O4. The van der Waals surface area contributed by atoms with Crippen LogP contribution >= 0.6 is 0 Å². The summed E-state index contributed by atoms with van der Waals surface area (Å²) >= 11 is 0. The zero-order chi connectivity index (χ0) is 12.7. The van der Waals surface area contributed by atoms with Crippen LogP contribution in [-0.4, -0.2) is 24.1 Å². The lowest BCUT2D eigenvalue weighted by atomic mass is 9.98. The number of hydrogen-bond acceptors (Lipinski definition) is 4. The quantitative estimate of drug-likeness (QED) is 0.376. The molecule has 0 aliphatic carbocycles. The van der Waals surface area contributed by atoms with Crippen LogP contribution in [-0.2, 0) is 19.1 Å². The van der Waals surface area contributed by atoms with E-state index in [0.717, 1.165) is 0 Å². The van der Waals surface area contributed by atoms with Crippen molar-refractivity contribution in [2.45, 2.75) is 33.6 Å². The maximum absolute atomic E-state index is 11.5. The van der Waals surface area contributed by atoms with Gasteiger partial charge in [-0.05, 0) is 13.8 Å². The molecule has 0 saturated heterocycles. The minimum Gasteiger partial charge on any atom is -0.462 e. The van der Waals surface area contributed by atoms with Crippen LogP contribution in [0.4, 0.5) is 0 Å². The van der Waals surface area contributed by atoms with Crippen molar-refractivity contribution < 1.29 is 19.1 Å². The molecule has 0 rings (SSSR count). The van der Waals surface area contributed by atoms with E-state index in [9.17, 15) is 14.4 Å². The average Bonchev–Trinajstić information content (AvgIpc) is 2.26. The van der Waals surface area contributed by atoms with Crippen LogP contribution in [0, 0.1) is 5.92 Å². The Balaban J connectivity index is 3.95. The van der Waals surface area contributed by atoms with Crippen molar-refractivity contribution in [2.75, 3.05) is 6.61 Å². The molecule has 1 atom stereocenters. The highest BCUT2D eigenvalue weighted by molar-refractivity contribution is 6.01. The molecule has 0 N–H and O–H groups in total. The van der Waals surface area contributed by atoms with Crippen LogP contribution in [0.3, 0.4) is 0 Å².